The number of amides is 3. The van der Waals surface area contributed by atoms with Crippen LogP contribution < -0.4 is 0 Å². The van der Waals surface area contributed by atoms with Crippen LogP contribution in [-0.4, -0.2) is 51.1 Å². The smallest absolute Gasteiger partial charge is 0.294 e. The number of nitrogens with zero attached hydrogens (tertiary/aromatic N) is 3. The molecule has 3 heterocycles. The molecule has 0 N–H and O–H groups in total. The molecule has 9 heteroatoms. The van der Waals surface area contributed by atoms with Gasteiger partial charge in [0.2, 0.25) is 5.91 Å². The van der Waals surface area contributed by atoms with Gasteiger partial charge in [0, 0.05) is 34.6 Å². The number of halogens is 2. The van der Waals surface area contributed by atoms with E-state index >= 15 is 0 Å². The number of imide groups is 1. The highest BCUT2D eigenvalue weighted by Gasteiger charge is 2.37. The second kappa shape index (κ2) is 10.1. The van der Waals surface area contributed by atoms with E-state index in [0.29, 0.717) is 23.0 Å². The largest absolute Gasteiger partial charge is 0.341 e. The van der Waals surface area contributed by atoms with Crippen LogP contribution in [0.1, 0.15) is 42.6 Å². The average molecular weight is 551 g/mol. The first-order chi connectivity index (χ1) is 15.8. The fourth-order valence-electron chi connectivity index (χ4n) is 4.29. The molecule has 1 aromatic carbocycles. The minimum Gasteiger partial charge on any atom is -0.341 e. The summed E-state index contributed by atoms with van der Waals surface area (Å²) in [7, 11) is 0. The van der Waals surface area contributed by atoms with Crippen molar-refractivity contribution < 1.29 is 14.4 Å². The van der Waals surface area contributed by atoms with Crippen LogP contribution in [0, 0.1) is 13.8 Å². The van der Waals surface area contributed by atoms with Gasteiger partial charge in [0.15, 0.2) is 0 Å². The van der Waals surface area contributed by atoms with E-state index in [4.69, 9.17) is 11.6 Å². The Morgan fingerprint density at radius 3 is 2.48 bits per heavy atom. The highest BCUT2D eigenvalue weighted by molar-refractivity contribution is 9.10. The molecule has 2 aromatic rings. The van der Waals surface area contributed by atoms with Gasteiger partial charge in [-0.05, 0) is 90.3 Å². The van der Waals surface area contributed by atoms with E-state index in [9.17, 15) is 14.4 Å². The summed E-state index contributed by atoms with van der Waals surface area (Å²) in [5.74, 6) is -0.574. The average Bonchev–Trinajstić information content (AvgIpc) is 3.07. The van der Waals surface area contributed by atoms with Crippen LogP contribution in [0.5, 0.6) is 0 Å². The molecule has 6 nitrogen and oxygen atoms in total. The molecule has 0 atom stereocenters. The Morgan fingerprint density at radius 2 is 1.82 bits per heavy atom. The van der Waals surface area contributed by atoms with E-state index in [1.54, 1.807) is 11.0 Å². The number of likely N-dealkylation sites (tertiary alicyclic amines) is 1. The van der Waals surface area contributed by atoms with Gasteiger partial charge in [-0.1, -0.05) is 24.4 Å². The molecular formula is C24H25BrClN3O3S. The number of rotatable bonds is 4. The monoisotopic (exact) mass is 549 g/mol. The molecule has 0 spiro atoms. The quantitative estimate of drug-likeness (QED) is 0.442. The zero-order chi connectivity index (χ0) is 23.7. The summed E-state index contributed by atoms with van der Waals surface area (Å²) < 4.78 is 2.87. The fraction of sp³-hybridized carbons (Fsp3) is 0.375. The topological polar surface area (TPSA) is 62.6 Å². The molecule has 0 aliphatic carbocycles. The molecule has 0 radical (unpaired) electrons. The number of hydrogen-bond donors (Lipinski definition) is 0. The molecule has 33 heavy (non-hydrogen) atoms. The maximum atomic E-state index is 13.0. The minimum atomic E-state index is -0.412. The van der Waals surface area contributed by atoms with Crippen LogP contribution in [0.2, 0.25) is 5.02 Å². The number of hydrogen-bond acceptors (Lipinski definition) is 4. The lowest BCUT2D eigenvalue weighted by Gasteiger charge is -2.22. The summed E-state index contributed by atoms with van der Waals surface area (Å²) in [6.45, 7) is 5.13. The highest BCUT2D eigenvalue weighted by atomic mass is 79.9. The Bertz CT molecular complexity index is 1150. The van der Waals surface area contributed by atoms with Gasteiger partial charge < -0.3 is 9.47 Å². The van der Waals surface area contributed by atoms with Gasteiger partial charge in [-0.3, -0.25) is 19.3 Å². The third-order valence-corrected chi connectivity index (χ3v) is 8.18. The lowest BCUT2D eigenvalue weighted by atomic mass is 10.2. The second-order valence-corrected chi connectivity index (χ2v) is 10.6. The summed E-state index contributed by atoms with van der Waals surface area (Å²) in [6.07, 6.45) is 5.89. The van der Waals surface area contributed by atoms with Crippen LogP contribution in [0.15, 0.2) is 33.6 Å². The predicted molar refractivity (Wildman–Crippen MR) is 136 cm³/mol. The first kappa shape index (κ1) is 24.1. The highest BCUT2D eigenvalue weighted by Crippen LogP contribution is 2.34. The van der Waals surface area contributed by atoms with Gasteiger partial charge in [0.25, 0.3) is 11.1 Å². The maximum absolute atomic E-state index is 13.0. The van der Waals surface area contributed by atoms with E-state index in [1.807, 2.05) is 38.1 Å². The molecule has 2 aliphatic heterocycles. The summed E-state index contributed by atoms with van der Waals surface area (Å²) in [6, 6.07) is 7.70. The van der Waals surface area contributed by atoms with Crippen molar-refractivity contribution >= 4 is 62.4 Å². The molecule has 3 amide bonds. The summed E-state index contributed by atoms with van der Waals surface area (Å²) in [5.41, 5.74) is 3.66. The summed E-state index contributed by atoms with van der Waals surface area (Å²) >= 11 is 10.6. The van der Waals surface area contributed by atoms with Crippen molar-refractivity contribution in [1.82, 2.24) is 14.4 Å². The minimum absolute atomic E-state index is 0.161. The molecule has 0 unspecified atom stereocenters. The normalized spacial score (nSPS) is 18.4. The molecule has 4 rings (SSSR count). The molecule has 1 aromatic heterocycles. The van der Waals surface area contributed by atoms with Gasteiger partial charge in [-0.2, -0.15) is 0 Å². The first-order valence-electron chi connectivity index (χ1n) is 10.9. The van der Waals surface area contributed by atoms with Gasteiger partial charge in [-0.25, -0.2) is 0 Å². The maximum Gasteiger partial charge on any atom is 0.294 e. The van der Waals surface area contributed by atoms with Crippen molar-refractivity contribution in [1.29, 1.82) is 0 Å². The summed E-state index contributed by atoms with van der Waals surface area (Å²) in [4.78, 5) is 41.4. The molecule has 2 fully saturated rings. The number of aromatic nitrogens is 1. The van der Waals surface area contributed by atoms with Gasteiger partial charge >= 0.3 is 0 Å². The number of benzene rings is 1. The van der Waals surface area contributed by atoms with E-state index in [-0.39, 0.29) is 12.5 Å². The van der Waals surface area contributed by atoms with E-state index in [2.05, 4.69) is 20.5 Å². The lowest BCUT2D eigenvalue weighted by molar-refractivity contribution is -0.135. The van der Waals surface area contributed by atoms with Gasteiger partial charge in [-0.15, -0.1) is 0 Å². The summed E-state index contributed by atoms with van der Waals surface area (Å²) in [5, 5.41) is 0.208. The van der Waals surface area contributed by atoms with Crippen molar-refractivity contribution in [2.45, 2.75) is 39.5 Å². The zero-order valence-corrected chi connectivity index (χ0v) is 21.7. The molecule has 2 aliphatic rings. The SMILES string of the molecule is Cc1cc(C=C2SC(=O)N(CC(=O)N3CCCCCC3)C2=O)c(C)n1-c1ccc(Br)c(Cl)c1. The van der Waals surface area contributed by atoms with Crippen molar-refractivity contribution in [2.75, 3.05) is 19.6 Å². The van der Waals surface area contributed by atoms with Crippen molar-refractivity contribution in [3.8, 4) is 5.69 Å². The molecule has 0 bridgehead atoms. The van der Waals surface area contributed by atoms with Crippen LogP contribution in [0.4, 0.5) is 4.79 Å². The lowest BCUT2D eigenvalue weighted by Crippen LogP contribution is -2.42. The Hall–Kier alpha value is -2.03. The van der Waals surface area contributed by atoms with E-state index in [0.717, 1.165) is 69.5 Å². The second-order valence-electron chi connectivity index (χ2n) is 8.32. The number of carbonyl (C=O) groups excluding carboxylic acids is 3. The standard InChI is InChI=1S/C24H25BrClN3O3S/c1-15-11-17(16(2)29(15)18-7-8-19(25)20(26)13-18)12-21-23(31)28(24(32)33-21)14-22(30)27-9-5-3-4-6-10-27/h7-8,11-13H,3-6,9-10,14H2,1-2H3. The van der Waals surface area contributed by atoms with Gasteiger partial charge in [0.1, 0.15) is 6.54 Å². The van der Waals surface area contributed by atoms with Crippen LogP contribution in [0.25, 0.3) is 11.8 Å². The van der Waals surface area contributed by atoms with Crippen LogP contribution >= 0.6 is 39.3 Å². The first-order valence-corrected chi connectivity index (χ1v) is 12.9. The number of carbonyl (C=O) groups is 3. The van der Waals surface area contributed by atoms with Crippen LogP contribution in [0.3, 0.4) is 0 Å². The fourth-order valence-corrected chi connectivity index (χ4v) is 5.54. The Labute approximate surface area is 211 Å². The Balaban J connectivity index is 1.55. The Morgan fingerprint density at radius 1 is 1.12 bits per heavy atom. The molecular weight excluding hydrogens is 526 g/mol. The third kappa shape index (κ3) is 5.08. The Kier molecular flexibility index (Phi) is 7.36. The van der Waals surface area contributed by atoms with Crippen molar-refractivity contribution in [3.05, 3.63) is 55.6 Å². The molecule has 2 saturated heterocycles. The van der Waals surface area contributed by atoms with Crippen LogP contribution in [-0.2, 0) is 9.59 Å². The molecule has 0 saturated carbocycles. The van der Waals surface area contributed by atoms with E-state index in [1.165, 1.54) is 0 Å². The third-order valence-electron chi connectivity index (χ3n) is 6.04. The molecule has 174 valence electrons. The predicted octanol–water partition coefficient (Wildman–Crippen LogP) is 5.95. The van der Waals surface area contributed by atoms with Gasteiger partial charge in [0.05, 0.1) is 9.93 Å². The van der Waals surface area contributed by atoms with Crippen molar-refractivity contribution in [2.24, 2.45) is 0 Å². The number of thioether (sulfide) groups is 1. The van der Waals surface area contributed by atoms with Crippen molar-refractivity contribution in [3.63, 3.8) is 0 Å². The number of aryl methyl sites for hydroxylation is 1. The van der Waals surface area contributed by atoms with E-state index < -0.39 is 11.1 Å². The zero-order valence-electron chi connectivity index (χ0n) is 18.6.